The van der Waals surface area contributed by atoms with Gasteiger partial charge in [0.1, 0.15) is 5.60 Å². The summed E-state index contributed by atoms with van der Waals surface area (Å²) in [6.07, 6.45) is 9.89. The molecule has 0 radical (unpaired) electrons. The molecule has 146 valence electrons. The summed E-state index contributed by atoms with van der Waals surface area (Å²) in [6.45, 7) is 8.36. The first-order chi connectivity index (χ1) is 11.8. The minimum Gasteiger partial charge on any atom is -0.444 e. The zero-order valence-electron chi connectivity index (χ0n) is 16.4. The summed E-state index contributed by atoms with van der Waals surface area (Å²) in [4.78, 5) is 14.6. The van der Waals surface area contributed by atoms with E-state index in [1.807, 2.05) is 20.8 Å². The molecule has 1 aliphatic heterocycles. The maximum absolute atomic E-state index is 12.2. The van der Waals surface area contributed by atoms with E-state index >= 15 is 0 Å². The standard InChI is InChI=1S/C20H38N2O3/c1-20(2,3)25-19(24)21-17(14-16-10-6-4-7-11-16)18(23)15-22-12-8-5-9-13-22/h16-18,23H,4-15H2,1-3H3,(H,21,24)/t17-,18?/m0/s1. The quantitative estimate of drug-likeness (QED) is 0.763. The molecule has 2 rings (SSSR count). The number of carbonyl (C=O) groups excluding carboxylic acids is 1. The third-order valence-corrected chi connectivity index (χ3v) is 5.37. The Kier molecular flexibility index (Phi) is 8.01. The topological polar surface area (TPSA) is 61.8 Å². The number of nitrogens with one attached hydrogen (secondary N) is 1. The molecule has 0 aromatic carbocycles. The fourth-order valence-electron chi connectivity index (χ4n) is 4.09. The van der Waals surface area contributed by atoms with Crippen LogP contribution in [0.15, 0.2) is 0 Å². The van der Waals surface area contributed by atoms with E-state index in [4.69, 9.17) is 4.74 Å². The summed E-state index contributed by atoms with van der Waals surface area (Å²) in [5.41, 5.74) is -0.517. The number of hydrogen-bond donors (Lipinski definition) is 2. The van der Waals surface area contributed by atoms with Crippen molar-refractivity contribution in [3.05, 3.63) is 0 Å². The predicted molar refractivity (Wildman–Crippen MR) is 101 cm³/mol. The van der Waals surface area contributed by atoms with Crippen molar-refractivity contribution in [3.8, 4) is 0 Å². The SMILES string of the molecule is CC(C)(C)OC(=O)N[C@@H](CC1CCCCC1)C(O)CN1CCCCC1. The van der Waals surface area contributed by atoms with E-state index in [1.54, 1.807) is 0 Å². The van der Waals surface area contributed by atoms with Gasteiger partial charge in [0.15, 0.2) is 0 Å². The molecule has 1 aliphatic carbocycles. The molecule has 0 aromatic heterocycles. The first kappa shape index (κ1) is 20.5. The Labute approximate surface area is 153 Å². The number of amides is 1. The molecule has 2 atom stereocenters. The van der Waals surface area contributed by atoms with Crippen molar-refractivity contribution in [2.75, 3.05) is 19.6 Å². The van der Waals surface area contributed by atoms with Gasteiger partial charge in [-0.15, -0.1) is 0 Å². The summed E-state index contributed by atoms with van der Waals surface area (Å²) < 4.78 is 5.42. The Hall–Kier alpha value is -0.810. The molecule has 5 heteroatoms. The van der Waals surface area contributed by atoms with Crippen LogP contribution in [-0.4, -0.2) is 53.5 Å². The highest BCUT2D eigenvalue weighted by atomic mass is 16.6. The van der Waals surface area contributed by atoms with Crippen LogP contribution in [-0.2, 0) is 4.74 Å². The van der Waals surface area contributed by atoms with Gasteiger partial charge in [-0.25, -0.2) is 4.79 Å². The molecule has 1 heterocycles. The molecule has 2 aliphatic rings. The predicted octanol–water partition coefficient (Wildman–Crippen LogP) is 3.70. The normalized spacial score (nSPS) is 23.0. The van der Waals surface area contributed by atoms with Crippen LogP contribution in [0.1, 0.15) is 78.6 Å². The lowest BCUT2D eigenvalue weighted by Crippen LogP contribution is -2.51. The monoisotopic (exact) mass is 354 g/mol. The number of aliphatic hydroxyl groups is 1. The molecule has 0 aromatic rings. The Morgan fingerprint density at radius 3 is 2.32 bits per heavy atom. The van der Waals surface area contributed by atoms with Crippen molar-refractivity contribution in [1.29, 1.82) is 0 Å². The Morgan fingerprint density at radius 2 is 1.72 bits per heavy atom. The highest BCUT2D eigenvalue weighted by Crippen LogP contribution is 2.28. The molecule has 0 bridgehead atoms. The van der Waals surface area contributed by atoms with Crippen molar-refractivity contribution >= 4 is 6.09 Å². The number of hydrogen-bond acceptors (Lipinski definition) is 4. The highest BCUT2D eigenvalue weighted by Gasteiger charge is 2.29. The van der Waals surface area contributed by atoms with E-state index in [9.17, 15) is 9.90 Å². The lowest BCUT2D eigenvalue weighted by atomic mass is 9.83. The third-order valence-electron chi connectivity index (χ3n) is 5.37. The first-order valence-corrected chi connectivity index (χ1v) is 10.2. The number of rotatable bonds is 6. The van der Waals surface area contributed by atoms with Gasteiger partial charge in [-0.3, -0.25) is 0 Å². The molecule has 1 saturated heterocycles. The maximum Gasteiger partial charge on any atom is 0.407 e. The van der Waals surface area contributed by atoms with Gasteiger partial charge in [-0.05, 0) is 59.0 Å². The Morgan fingerprint density at radius 1 is 1.12 bits per heavy atom. The number of carbonyl (C=O) groups is 1. The zero-order valence-corrected chi connectivity index (χ0v) is 16.4. The van der Waals surface area contributed by atoms with Crippen LogP contribution < -0.4 is 5.32 Å². The molecule has 2 fully saturated rings. The van der Waals surface area contributed by atoms with Crippen molar-refractivity contribution < 1.29 is 14.6 Å². The lowest BCUT2D eigenvalue weighted by Gasteiger charge is -2.34. The van der Waals surface area contributed by atoms with Crippen LogP contribution in [0.25, 0.3) is 0 Å². The number of ether oxygens (including phenoxy) is 1. The minimum absolute atomic E-state index is 0.222. The molecular weight excluding hydrogens is 316 g/mol. The summed E-state index contributed by atoms with van der Waals surface area (Å²) in [5, 5.41) is 13.8. The van der Waals surface area contributed by atoms with Gasteiger partial charge in [-0.1, -0.05) is 38.5 Å². The second kappa shape index (κ2) is 9.77. The van der Waals surface area contributed by atoms with E-state index in [2.05, 4.69) is 10.2 Å². The first-order valence-electron chi connectivity index (χ1n) is 10.2. The van der Waals surface area contributed by atoms with Crippen LogP contribution in [0.4, 0.5) is 4.79 Å². The van der Waals surface area contributed by atoms with Crippen LogP contribution in [0, 0.1) is 5.92 Å². The fraction of sp³-hybridized carbons (Fsp3) is 0.950. The van der Waals surface area contributed by atoms with E-state index in [-0.39, 0.29) is 6.04 Å². The maximum atomic E-state index is 12.2. The number of alkyl carbamates (subject to hydrolysis) is 1. The van der Waals surface area contributed by atoms with E-state index in [0.29, 0.717) is 12.5 Å². The van der Waals surface area contributed by atoms with E-state index < -0.39 is 17.8 Å². The molecular formula is C20H38N2O3. The lowest BCUT2D eigenvalue weighted by molar-refractivity contribution is 0.0303. The molecule has 2 N–H and O–H groups in total. The average Bonchev–Trinajstić information content (AvgIpc) is 2.54. The van der Waals surface area contributed by atoms with Gasteiger partial charge in [0, 0.05) is 6.54 Å². The van der Waals surface area contributed by atoms with Gasteiger partial charge in [0.25, 0.3) is 0 Å². The van der Waals surface area contributed by atoms with Gasteiger partial charge in [0.2, 0.25) is 0 Å². The van der Waals surface area contributed by atoms with Gasteiger partial charge >= 0.3 is 6.09 Å². The number of piperidine rings is 1. The molecule has 5 nitrogen and oxygen atoms in total. The molecule has 25 heavy (non-hydrogen) atoms. The fourth-order valence-corrected chi connectivity index (χ4v) is 4.09. The van der Waals surface area contributed by atoms with E-state index in [1.165, 1.54) is 51.4 Å². The molecule has 1 amide bonds. The second-order valence-electron chi connectivity index (χ2n) is 8.92. The molecule has 1 saturated carbocycles. The largest absolute Gasteiger partial charge is 0.444 e. The Balaban J connectivity index is 1.92. The van der Waals surface area contributed by atoms with Crippen LogP contribution in [0.5, 0.6) is 0 Å². The van der Waals surface area contributed by atoms with Crippen molar-refractivity contribution in [2.24, 2.45) is 5.92 Å². The smallest absolute Gasteiger partial charge is 0.407 e. The second-order valence-corrected chi connectivity index (χ2v) is 8.92. The van der Waals surface area contributed by atoms with E-state index in [0.717, 1.165) is 19.5 Å². The average molecular weight is 355 g/mol. The van der Waals surface area contributed by atoms with Crippen molar-refractivity contribution in [1.82, 2.24) is 10.2 Å². The molecule has 0 spiro atoms. The number of nitrogens with zero attached hydrogens (tertiary/aromatic N) is 1. The highest BCUT2D eigenvalue weighted by molar-refractivity contribution is 5.68. The number of likely N-dealkylation sites (tertiary alicyclic amines) is 1. The van der Waals surface area contributed by atoms with Crippen LogP contribution in [0.2, 0.25) is 0 Å². The summed E-state index contributed by atoms with van der Waals surface area (Å²) in [5.74, 6) is 0.602. The van der Waals surface area contributed by atoms with Gasteiger partial charge in [-0.2, -0.15) is 0 Å². The van der Waals surface area contributed by atoms with Gasteiger partial charge in [0.05, 0.1) is 12.1 Å². The minimum atomic E-state index is -0.535. The number of β-amino-alcohol motifs (C(OH)–C–C–N with tert-alkyl or cyclic N) is 1. The van der Waals surface area contributed by atoms with Crippen LogP contribution in [0.3, 0.4) is 0 Å². The zero-order chi connectivity index (χ0) is 18.3. The third kappa shape index (κ3) is 7.95. The Bertz CT molecular complexity index is 396. The number of aliphatic hydroxyl groups excluding tert-OH is 1. The van der Waals surface area contributed by atoms with Gasteiger partial charge < -0.3 is 20.1 Å². The van der Waals surface area contributed by atoms with Crippen molar-refractivity contribution in [3.63, 3.8) is 0 Å². The summed E-state index contributed by atoms with van der Waals surface area (Å²) >= 11 is 0. The molecule has 1 unspecified atom stereocenters. The van der Waals surface area contributed by atoms with Crippen LogP contribution >= 0.6 is 0 Å². The summed E-state index contributed by atoms with van der Waals surface area (Å²) in [7, 11) is 0. The van der Waals surface area contributed by atoms with Crippen molar-refractivity contribution in [2.45, 2.75) is 96.3 Å². The summed E-state index contributed by atoms with van der Waals surface area (Å²) in [6, 6.07) is -0.222.